The molecule has 1 aliphatic heterocycles. The van der Waals surface area contributed by atoms with Gasteiger partial charge in [0.15, 0.2) is 0 Å². The summed E-state index contributed by atoms with van der Waals surface area (Å²) < 4.78 is 0. The van der Waals surface area contributed by atoms with Crippen LogP contribution in [0.25, 0.3) is 10.9 Å². The average Bonchev–Trinajstić information content (AvgIpc) is 2.99. The molecule has 1 amide bonds. The molecule has 4 nitrogen and oxygen atoms in total. The van der Waals surface area contributed by atoms with E-state index in [4.69, 9.17) is 0 Å². The van der Waals surface area contributed by atoms with E-state index in [9.17, 15) is 4.79 Å². The van der Waals surface area contributed by atoms with Gasteiger partial charge in [0.05, 0.1) is 0 Å². The number of hydrogen-bond acceptors (Lipinski definition) is 2. The van der Waals surface area contributed by atoms with E-state index in [0.717, 1.165) is 43.3 Å². The Bertz CT molecular complexity index is 683. The van der Waals surface area contributed by atoms with Gasteiger partial charge in [0, 0.05) is 43.2 Å². The Morgan fingerprint density at radius 2 is 2.00 bits per heavy atom. The van der Waals surface area contributed by atoms with Crippen molar-refractivity contribution in [3.05, 3.63) is 36.0 Å². The number of rotatable bonds is 7. The lowest BCUT2D eigenvalue weighted by molar-refractivity contribution is -0.121. The van der Waals surface area contributed by atoms with Gasteiger partial charge in [-0.05, 0) is 49.3 Å². The Morgan fingerprint density at radius 1 is 1.24 bits per heavy atom. The number of para-hydroxylation sites is 1. The van der Waals surface area contributed by atoms with E-state index in [2.05, 4.69) is 41.2 Å². The molecule has 1 saturated heterocycles. The minimum atomic E-state index is 0.158. The van der Waals surface area contributed by atoms with Crippen molar-refractivity contribution < 1.29 is 4.79 Å². The first-order valence-corrected chi connectivity index (χ1v) is 9.66. The minimum Gasteiger partial charge on any atom is -0.361 e. The van der Waals surface area contributed by atoms with Crippen LogP contribution in [0.5, 0.6) is 0 Å². The first-order valence-electron chi connectivity index (χ1n) is 9.66. The molecule has 1 aromatic carbocycles. The zero-order valence-corrected chi connectivity index (χ0v) is 15.6. The second-order valence-electron chi connectivity index (χ2n) is 7.77. The number of aryl methyl sites for hydroxylation is 1. The number of amides is 1. The summed E-state index contributed by atoms with van der Waals surface area (Å²) in [6.07, 6.45) is 5.76. The van der Waals surface area contributed by atoms with Crippen LogP contribution < -0.4 is 5.32 Å². The molecular weight excluding hydrogens is 310 g/mol. The molecule has 0 radical (unpaired) electrons. The number of piperidine rings is 1. The molecule has 0 unspecified atom stereocenters. The van der Waals surface area contributed by atoms with Gasteiger partial charge in [-0.2, -0.15) is 0 Å². The zero-order valence-electron chi connectivity index (χ0n) is 15.6. The van der Waals surface area contributed by atoms with Crippen LogP contribution in [-0.4, -0.2) is 42.0 Å². The van der Waals surface area contributed by atoms with Crippen molar-refractivity contribution in [3.63, 3.8) is 0 Å². The molecule has 1 fully saturated rings. The largest absolute Gasteiger partial charge is 0.361 e. The Labute approximate surface area is 151 Å². The normalized spacial score (nSPS) is 21.5. The highest BCUT2D eigenvalue weighted by atomic mass is 16.1. The lowest BCUT2D eigenvalue weighted by Crippen LogP contribution is -2.40. The van der Waals surface area contributed by atoms with E-state index in [-0.39, 0.29) is 5.91 Å². The van der Waals surface area contributed by atoms with Crippen molar-refractivity contribution in [2.75, 3.05) is 26.2 Å². The standard InChI is InChI=1S/C21H31N3O/c1-16-12-17(2)15-24(14-16)11-5-10-22-21(25)9-8-18-13-23-20-7-4-3-6-19(18)20/h3-4,6-7,13,16-17,23H,5,8-12,14-15H2,1-2H3,(H,22,25)/t16-,17+. The lowest BCUT2D eigenvalue weighted by atomic mass is 9.92. The molecule has 2 N–H and O–H groups in total. The maximum atomic E-state index is 12.1. The number of aromatic nitrogens is 1. The van der Waals surface area contributed by atoms with E-state index in [1.807, 2.05) is 18.3 Å². The minimum absolute atomic E-state index is 0.158. The van der Waals surface area contributed by atoms with Gasteiger partial charge in [-0.1, -0.05) is 32.0 Å². The van der Waals surface area contributed by atoms with Crippen LogP contribution in [0.15, 0.2) is 30.5 Å². The molecule has 4 heteroatoms. The number of likely N-dealkylation sites (tertiary alicyclic amines) is 1. The van der Waals surface area contributed by atoms with E-state index in [1.165, 1.54) is 30.5 Å². The zero-order chi connectivity index (χ0) is 17.6. The maximum Gasteiger partial charge on any atom is 0.220 e. The fourth-order valence-corrected chi connectivity index (χ4v) is 4.18. The van der Waals surface area contributed by atoms with Gasteiger partial charge in [0.2, 0.25) is 5.91 Å². The average molecular weight is 341 g/mol. The fraction of sp³-hybridized carbons (Fsp3) is 0.571. The molecule has 0 aliphatic carbocycles. The van der Waals surface area contributed by atoms with Gasteiger partial charge in [0.1, 0.15) is 0 Å². The molecule has 136 valence electrons. The van der Waals surface area contributed by atoms with Crippen molar-refractivity contribution in [1.29, 1.82) is 0 Å². The van der Waals surface area contributed by atoms with Crippen LogP contribution in [0.1, 0.15) is 38.7 Å². The third-order valence-electron chi connectivity index (χ3n) is 5.21. The van der Waals surface area contributed by atoms with Crippen molar-refractivity contribution in [2.24, 2.45) is 11.8 Å². The summed E-state index contributed by atoms with van der Waals surface area (Å²) in [5.41, 5.74) is 2.37. The smallest absolute Gasteiger partial charge is 0.220 e. The summed E-state index contributed by atoms with van der Waals surface area (Å²) in [5.74, 6) is 1.76. The first-order chi connectivity index (χ1) is 12.1. The van der Waals surface area contributed by atoms with Gasteiger partial charge in [-0.25, -0.2) is 0 Å². The summed E-state index contributed by atoms with van der Waals surface area (Å²) in [4.78, 5) is 17.9. The maximum absolute atomic E-state index is 12.1. The summed E-state index contributed by atoms with van der Waals surface area (Å²) in [7, 11) is 0. The highest BCUT2D eigenvalue weighted by molar-refractivity contribution is 5.84. The monoisotopic (exact) mass is 341 g/mol. The van der Waals surface area contributed by atoms with Gasteiger partial charge < -0.3 is 15.2 Å². The number of fused-ring (bicyclic) bond motifs is 1. The summed E-state index contributed by atoms with van der Waals surface area (Å²) in [6.45, 7) is 8.98. The number of H-pyrrole nitrogens is 1. The Morgan fingerprint density at radius 3 is 2.80 bits per heavy atom. The second-order valence-corrected chi connectivity index (χ2v) is 7.77. The molecule has 1 aliphatic rings. The van der Waals surface area contributed by atoms with Crippen LogP contribution in [0.2, 0.25) is 0 Å². The van der Waals surface area contributed by atoms with Crippen molar-refractivity contribution in [2.45, 2.75) is 39.5 Å². The van der Waals surface area contributed by atoms with E-state index in [0.29, 0.717) is 6.42 Å². The Balaban J connectivity index is 1.34. The van der Waals surface area contributed by atoms with E-state index >= 15 is 0 Å². The highest BCUT2D eigenvalue weighted by Crippen LogP contribution is 2.21. The first kappa shape index (κ1) is 18.0. The predicted molar refractivity (Wildman–Crippen MR) is 104 cm³/mol. The number of nitrogens with zero attached hydrogens (tertiary/aromatic N) is 1. The Kier molecular flexibility index (Phi) is 6.14. The summed E-state index contributed by atoms with van der Waals surface area (Å²) in [5, 5.41) is 4.30. The quantitative estimate of drug-likeness (QED) is 0.756. The highest BCUT2D eigenvalue weighted by Gasteiger charge is 2.21. The predicted octanol–water partition coefficient (Wildman–Crippen LogP) is 3.58. The molecule has 2 aromatic rings. The van der Waals surface area contributed by atoms with Crippen molar-refractivity contribution >= 4 is 16.8 Å². The molecule has 25 heavy (non-hydrogen) atoms. The summed E-state index contributed by atoms with van der Waals surface area (Å²) in [6, 6.07) is 8.25. The topological polar surface area (TPSA) is 48.1 Å². The van der Waals surface area contributed by atoms with Crippen molar-refractivity contribution in [1.82, 2.24) is 15.2 Å². The third kappa shape index (κ3) is 5.08. The van der Waals surface area contributed by atoms with Gasteiger partial charge in [0.25, 0.3) is 0 Å². The number of nitrogens with one attached hydrogen (secondary N) is 2. The fourth-order valence-electron chi connectivity index (χ4n) is 4.18. The number of carbonyl (C=O) groups is 1. The number of hydrogen-bond donors (Lipinski definition) is 2. The molecule has 2 atom stereocenters. The number of benzene rings is 1. The van der Waals surface area contributed by atoms with Crippen LogP contribution in [-0.2, 0) is 11.2 Å². The van der Waals surface area contributed by atoms with E-state index in [1.54, 1.807) is 0 Å². The number of aromatic amines is 1. The van der Waals surface area contributed by atoms with Gasteiger partial charge >= 0.3 is 0 Å². The molecule has 1 aromatic heterocycles. The van der Waals surface area contributed by atoms with Crippen LogP contribution in [0, 0.1) is 11.8 Å². The molecule has 0 saturated carbocycles. The SMILES string of the molecule is C[C@@H]1C[C@H](C)CN(CCCNC(=O)CCc2c[nH]c3ccccc23)C1. The van der Waals surface area contributed by atoms with Crippen molar-refractivity contribution in [3.8, 4) is 0 Å². The molecular formula is C21H31N3O. The lowest BCUT2D eigenvalue weighted by Gasteiger charge is -2.34. The summed E-state index contributed by atoms with van der Waals surface area (Å²) >= 11 is 0. The third-order valence-corrected chi connectivity index (χ3v) is 5.21. The van der Waals surface area contributed by atoms with Crippen LogP contribution >= 0.6 is 0 Å². The molecule has 3 rings (SSSR count). The number of carbonyl (C=O) groups excluding carboxylic acids is 1. The Hall–Kier alpha value is -1.81. The molecule has 0 spiro atoms. The van der Waals surface area contributed by atoms with Crippen LogP contribution in [0.4, 0.5) is 0 Å². The van der Waals surface area contributed by atoms with Crippen LogP contribution in [0.3, 0.4) is 0 Å². The molecule has 0 bridgehead atoms. The van der Waals surface area contributed by atoms with Gasteiger partial charge in [-0.3, -0.25) is 4.79 Å². The molecule has 2 heterocycles. The second kappa shape index (κ2) is 8.52. The van der Waals surface area contributed by atoms with E-state index < -0.39 is 0 Å². The van der Waals surface area contributed by atoms with Gasteiger partial charge in [-0.15, -0.1) is 0 Å².